The second kappa shape index (κ2) is 6.82. The van der Waals surface area contributed by atoms with Crippen molar-refractivity contribution in [2.24, 2.45) is 0 Å². The molecule has 19 heavy (non-hydrogen) atoms. The molecule has 0 saturated carbocycles. The lowest BCUT2D eigenvalue weighted by Gasteiger charge is -2.36. The number of piperazine rings is 1. The van der Waals surface area contributed by atoms with Crippen LogP contribution < -0.4 is 5.32 Å². The number of benzene rings is 1. The molecule has 0 atom stereocenters. The molecule has 3 nitrogen and oxygen atoms in total. The lowest BCUT2D eigenvalue weighted by Crippen LogP contribution is -2.51. The van der Waals surface area contributed by atoms with Crippen LogP contribution in [0.3, 0.4) is 0 Å². The van der Waals surface area contributed by atoms with Crippen molar-refractivity contribution in [2.45, 2.75) is 13.5 Å². The Hall–Kier alpha value is -1.20. The number of hydrogen-bond acceptors (Lipinski definition) is 2. The van der Waals surface area contributed by atoms with Crippen molar-refractivity contribution in [2.75, 3.05) is 32.7 Å². The van der Waals surface area contributed by atoms with Gasteiger partial charge in [0.1, 0.15) is 5.82 Å². The Morgan fingerprint density at radius 3 is 2.68 bits per heavy atom. The molecule has 1 heterocycles. The Kier molecular flexibility index (Phi) is 5.10. The minimum Gasteiger partial charge on any atom is -0.363 e. The lowest BCUT2D eigenvalue weighted by atomic mass is 10.2. The molecule has 0 aromatic heterocycles. The van der Waals surface area contributed by atoms with Gasteiger partial charge in [0.25, 0.3) is 0 Å². The molecule has 0 bridgehead atoms. The van der Waals surface area contributed by atoms with Crippen molar-refractivity contribution in [3.8, 4) is 0 Å². The van der Waals surface area contributed by atoms with Gasteiger partial charge in [0.05, 0.1) is 0 Å². The molecular weight excluding hydrogens is 261 g/mol. The third-order valence-corrected chi connectivity index (χ3v) is 3.69. The van der Waals surface area contributed by atoms with Crippen LogP contribution in [0.25, 0.3) is 0 Å². The molecule has 5 heteroatoms. The summed E-state index contributed by atoms with van der Waals surface area (Å²) in [7, 11) is 0. The van der Waals surface area contributed by atoms with Gasteiger partial charge in [-0.05, 0) is 36.8 Å². The van der Waals surface area contributed by atoms with E-state index in [1.54, 1.807) is 12.1 Å². The maximum Gasteiger partial charge on any atom is 0.169 e. The maximum atomic E-state index is 13.1. The molecule has 1 fully saturated rings. The van der Waals surface area contributed by atoms with Crippen molar-refractivity contribution in [3.05, 3.63) is 35.6 Å². The zero-order chi connectivity index (χ0) is 13.7. The second-order valence-electron chi connectivity index (χ2n) is 4.73. The molecule has 0 unspecified atom stereocenters. The fraction of sp³-hybridized carbons (Fsp3) is 0.500. The van der Waals surface area contributed by atoms with Crippen LogP contribution in [-0.2, 0) is 6.54 Å². The van der Waals surface area contributed by atoms with E-state index in [-0.39, 0.29) is 5.82 Å². The van der Waals surface area contributed by atoms with Gasteiger partial charge >= 0.3 is 0 Å². The molecule has 2 rings (SSSR count). The summed E-state index contributed by atoms with van der Waals surface area (Å²) < 4.78 is 13.1. The average molecular weight is 281 g/mol. The van der Waals surface area contributed by atoms with E-state index >= 15 is 0 Å². The SMILES string of the molecule is CCNC(=S)N1CCN(Cc2cccc(F)c2)CC1. The van der Waals surface area contributed by atoms with Crippen molar-refractivity contribution in [1.29, 1.82) is 0 Å². The highest BCUT2D eigenvalue weighted by Gasteiger charge is 2.18. The molecule has 1 N–H and O–H groups in total. The Bertz CT molecular complexity index is 430. The van der Waals surface area contributed by atoms with Gasteiger partial charge in [-0.2, -0.15) is 0 Å². The van der Waals surface area contributed by atoms with Crippen LogP contribution in [0.15, 0.2) is 24.3 Å². The standard InChI is InChI=1S/C14H20FN3S/c1-2-16-14(19)18-8-6-17(7-9-18)11-12-4-3-5-13(15)10-12/h3-5,10H,2,6-9,11H2,1H3,(H,16,19). The van der Waals surface area contributed by atoms with Crippen LogP contribution in [0.2, 0.25) is 0 Å². The third kappa shape index (κ3) is 4.14. The quantitative estimate of drug-likeness (QED) is 0.852. The summed E-state index contributed by atoms with van der Waals surface area (Å²) in [6, 6.07) is 6.83. The monoisotopic (exact) mass is 281 g/mol. The van der Waals surface area contributed by atoms with Crippen molar-refractivity contribution in [3.63, 3.8) is 0 Å². The minimum absolute atomic E-state index is 0.163. The zero-order valence-corrected chi connectivity index (χ0v) is 12.0. The summed E-state index contributed by atoms with van der Waals surface area (Å²) in [6.07, 6.45) is 0. The fourth-order valence-corrected chi connectivity index (χ4v) is 2.59. The van der Waals surface area contributed by atoms with E-state index < -0.39 is 0 Å². The van der Waals surface area contributed by atoms with Gasteiger partial charge in [-0.3, -0.25) is 4.90 Å². The predicted molar refractivity (Wildman–Crippen MR) is 79.5 cm³/mol. The van der Waals surface area contributed by atoms with Gasteiger partial charge in [-0.15, -0.1) is 0 Å². The lowest BCUT2D eigenvalue weighted by molar-refractivity contribution is 0.174. The number of nitrogens with one attached hydrogen (secondary N) is 1. The first-order chi connectivity index (χ1) is 9.19. The van der Waals surface area contributed by atoms with Crippen LogP contribution in [0.1, 0.15) is 12.5 Å². The molecule has 1 aromatic rings. The summed E-state index contributed by atoms with van der Waals surface area (Å²) in [4.78, 5) is 4.53. The number of rotatable bonds is 3. The van der Waals surface area contributed by atoms with E-state index in [1.165, 1.54) is 6.07 Å². The summed E-state index contributed by atoms with van der Waals surface area (Å²) in [5.74, 6) is -0.163. The van der Waals surface area contributed by atoms with Crippen molar-refractivity contribution in [1.82, 2.24) is 15.1 Å². The largest absolute Gasteiger partial charge is 0.363 e. The van der Waals surface area contributed by atoms with Crippen LogP contribution in [0, 0.1) is 5.82 Å². The first kappa shape index (κ1) is 14.2. The van der Waals surface area contributed by atoms with E-state index in [4.69, 9.17) is 12.2 Å². The topological polar surface area (TPSA) is 18.5 Å². The second-order valence-corrected chi connectivity index (χ2v) is 5.12. The summed E-state index contributed by atoms with van der Waals surface area (Å²) in [6.45, 7) is 7.50. The normalized spacial score (nSPS) is 16.4. The minimum atomic E-state index is -0.163. The predicted octanol–water partition coefficient (Wildman–Crippen LogP) is 1.84. The van der Waals surface area contributed by atoms with E-state index in [9.17, 15) is 4.39 Å². The molecule has 0 spiro atoms. The van der Waals surface area contributed by atoms with Crippen LogP contribution in [0.4, 0.5) is 4.39 Å². The maximum absolute atomic E-state index is 13.1. The molecule has 1 aliphatic rings. The van der Waals surface area contributed by atoms with Crippen molar-refractivity contribution < 1.29 is 4.39 Å². The van der Waals surface area contributed by atoms with Gasteiger partial charge in [0.15, 0.2) is 5.11 Å². The van der Waals surface area contributed by atoms with E-state index in [0.29, 0.717) is 0 Å². The zero-order valence-electron chi connectivity index (χ0n) is 11.2. The van der Waals surface area contributed by atoms with E-state index in [0.717, 1.165) is 49.9 Å². The molecule has 0 aliphatic carbocycles. The fourth-order valence-electron chi connectivity index (χ4n) is 2.27. The number of nitrogens with zero attached hydrogens (tertiary/aromatic N) is 2. The highest BCUT2D eigenvalue weighted by molar-refractivity contribution is 7.80. The molecule has 1 aromatic carbocycles. The summed E-state index contributed by atoms with van der Waals surface area (Å²) >= 11 is 5.31. The van der Waals surface area contributed by atoms with Crippen LogP contribution >= 0.6 is 12.2 Å². The molecule has 0 radical (unpaired) electrons. The van der Waals surface area contributed by atoms with Crippen LogP contribution in [0.5, 0.6) is 0 Å². The highest BCUT2D eigenvalue weighted by Crippen LogP contribution is 2.10. The van der Waals surface area contributed by atoms with Gasteiger partial charge in [0, 0.05) is 39.3 Å². The van der Waals surface area contributed by atoms with E-state index in [2.05, 4.69) is 15.1 Å². The van der Waals surface area contributed by atoms with Crippen molar-refractivity contribution >= 4 is 17.3 Å². The summed E-state index contributed by atoms with van der Waals surface area (Å²) in [5.41, 5.74) is 1.03. The molecular formula is C14H20FN3S. The smallest absolute Gasteiger partial charge is 0.169 e. The number of thiocarbonyl (C=S) groups is 1. The highest BCUT2D eigenvalue weighted by atomic mass is 32.1. The Morgan fingerprint density at radius 1 is 1.32 bits per heavy atom. The Labute approximate surface area is 119 Å². The Balaban J connectivity index is 1.82. The number of hydrogen-bond donors (Lipinski definition) is 1. The summed E-state index contributed by atoms with van der Waals surface area (Å²) in [5, 5.41) is 4.02. The molecule has 1 aliphatic heterocycles. The molecule has 0 amide bonds. The first-order valence-electron chi connectivity index (χ1n) is 6.68. The average Bonchev–Trinajstić information content (AvgIpc) is 2.40. The van der Waals surface area contributed by atoms with E-state index in [1.807, 2.05) is 13.0 Å². The van der Waals surface area contributed by atoms with Gasteiger partial charge < -0.3 is 10.2 Å². The van der Waals surface area contributed by atoms with Gasteiger partial charge in [-0.25, -0.2) is 4.39 Å². The first-order valence-corrected chi connectivity index (χ1v) is 7.09. The number of halogens is 1. The third-order valence-electron chi connectivity index (χ3n) is 3.28. The Morgan fingerprint density at radius 2 is 2.05 bits per heavy atom. The van der Waals surface area contributed by atoms with Gasteiger partial charge in [0.2, 0.25) is 0 Å². The van der Waals surface area contributed by atoms with Gasteiger partial charge in [-0.1, -0.05) is 12.1 Å². The van der Waals surface area contributed by atoms with Crippen LogP contribution in [-0.4, -0.2) is 47.6 Å². The molecule has 104 valence electrons. The molecule has 1 saturated heterocycles.